The highest BCUT2D eigenvalue weighted by Crippen LogP contribution is 2.34. The molecule has 132 valence electrons. The summed E-state index contributed by atoms with van der Waals surface area (Å²) in [6.07, 6.45) is 3.74. The van der Waals surface area contributed by atoms with Gasteiger partial charge in [0.1, 0.15) is 0 Å². The number of nitrogens with zero attached hydrogens (tertiary/aromatic N) is 1. The maximum absolute atomic E-state index is 6.11. The fraction of sp³-hybridized carbons (Fsp3) is 0.650. The summed E-state index contributed by atoms with van der Waals surface area (Å²) in [5, 5.41) is 6.92. The summed E-state index contributed by atoms with van der Waals surface area (Å²) >= 11 is 0. The Morgan fingerprint density at radius 3 is 2.71 bits per heavy atom. The molecule has 0 radical (unpaired) electrons. The van der Waals surface area contributed by atoms with E-state index in [4.69, 9.17) is 9.73 Å². The number of nitrogens with one attached hydrogen (secondary N) is 2. The van der Waals surface area contributed by atoms with Gasteiger partial charge in [-0.05, 0) is 44.6 Å². The average molecular weight is 329 g/mol. The number of aliphatic imine (C=N–C) groups is 1. The summed E-state index contributed by atoms with van der Waals surface area (Å²) in [5.41, 5.74) is 2.58. The van der Waals surface area contributed by atoms with Crippen LogP contribution >= 0.6 is 0 Å². The molecule has 0 amide bonds. The lowest BCUT2D eigenvalue weighted by Gasteiger charge is -2.31. The Morgan fingerprint density at radius 2 is 2.04 bits per heavy atom. The van der Waals surface area contributed by atoms with Crippen molar-refractivity contribution in [3.63, 3.8) is 0 Å². The molecule has 1 aromatic carbocycles. The van der Waals surface area contributed by atoms with E-state index in [0.29, 0.717) is 12.0 Å². The van der Waals surface area contributed by atoms with E-state index < -0.39 is 0 Å². The maximum Gasteiger partial charge on any atom is 0.191 e. The number of rotatable bonds is 5. The quantitative estimate of drug-likeness (QED) is 0.643. The van der Waals surface area contributed by atoms with Crippen molar-refractivity contribution in [1.82, 2.24) is 10.6 Å². The molecule has 1 saturated heterocycles. The third kappa shape index (κ3) is 4.50. The largest absolute Gasteiger partial charge is 0.373 e. The molecular formula is C20H31N3O. The van der Waals surface area contributed by atoms with Gasteiger partial charge in [0.15, 0.2) is 5.96 Å². The van der Waals surface area contributed by atoms with Crippen molar-refractivity contribution in [3.8, 4) is 0 Å². The highest BCUT2D eigenvalue weighted by Gasteiger charge is 2.33. The van der Waals surface area contributed by atoms with Gasteiger partial charge in [-0.15, -0.1) is 0 Å². The van der Waals surface area contributed by atoms with E-state index in [1.807, 2.05) is 0 Å². The lowest BCUT2D eigenvalue weighted by Crippen LogP contribution is -2.39. The molecule has 4 nitrogen and oxygen atoms in total. The molecule has 2 N–H and O–H groups in total. The fourth-order valence-electron chi connectivity index (χ4n) is 3.38. The molecule has 1 aromatic rings. The summed E-state index contributed by atoms with van der Waals surface area (Å²) in [5.74, 6) is 2.18. The zero-order chi connectivity index (χ0) is 16.9. The van der Waals surface area contributed by atoms with Crippen molar-refractivity contribution >= 4 is 5.96 Å². The molecule has 3 rings (SSSR count). The molecule has 4 heteroatoms. The van der Waals surface area contributed by atoms with Crippen LogP contribution in [0.1, 0.15) is 50.3 Å². The van der Waals surface area contributed by atoms with Crippen LogP contribution in [0.4, 0.5) is 0 Å². The minimum atomic E-state index is 0.172. The highest BCUT2D eigenvalue weighted by molar-refractivity contribution is 5.80. The molecule has 4 unspecified atom stereocenters. The van der Waals surface area contributed by atoms with Crippen molar-refractivity contribution in [2.75, 3.05) is 19.7 Å². The van der Waals surface area contributed by atoms with Crippen molar-refractivity contribution in [1.29, 1.82) is 0 Å². The van der Waals surface area contributed by atoms with E-state index >= 15 is 0 Å². The van der Waals surface area contributed by atoms with E-state index in [0.717, 1.165) is 38.0 Å². The van der Waals surface area contributed by atoms with Crippen molar-refractivity contribution in [2.24, 2.45) is 16.8 Å². The topological polar surface area (TPSA) is 45.7 Å². The van der Waals surface area contributed by atoms with Crippen molar-refractivity contribution in [2.45, 2.75) is 52.2 Å². The number of ether oxygens (including phenoxy) is 1. The van der Waals surface area contributed by atoms with Crippen LogP contribution < -0.4 is 10.6 Å². The number of hydrogen-bond donors (Lipinski definition) is 2. The minimum absolute atomic E-state index is 0.172. The molecule has 4 atom stereocenters. The first-order chi connectivity index (χ1) is 11.7. The molecule has 0 bridgehead atoms. The molecule has 1 saturated carbocycles. The number of aryl methyl sites for hydroxylation is 1. The third-order valence-corrected chi connectivity index (χ3v) is 5.11. The molecular weight excluding hydrogens is 298 g/mol. The maximum atomic E-state index is 6.11. The molecule has 24 heavy (non-hydrogen) atoms. The normalized spacial score (nSPS) is 30.0. The summed E-state index contributed by atoms with van der Waals surface area (Å²) in [7, 11) is 0. The molecule has 1 aliphatic heterocycles. The van der Waals surface area contributed by atoms with Crippen molar-refractivity contribution < 1.29 is 4.74 Å². The lowest BCUT2D eigenvalue weighted by molar-refractivity contribution is -0.0250. The van der Waals surface area contributed by atoms with Gasteiger partial charge in [0.2, 0.25) is 0 Å². The molecule has 0 aromatic heterocycles. The average Bonchev–Trinajstić information content (AvgIpc) is 3.29. The van der Waals surface area contributed by atoms with Gasteiger partial charge in [0.25, 0.3) is 0 Å². The Morgan fingerprint density at radius 1 is 1.29 bits per heavy atom. The second-order valence-corrected chi connectivity index (χ2v) is 7.29. The van der Waals surface area contributed by atoms with E-state index in [-0.39, 0.29) is 6.10 Å². The van der Waals surface area contributed by atoms with Crippen LogP contribution in [-0.2, 0) is 4.74 Å². The van der Waals surface area contributed by atoms with Crippen LogP contribution in [0.2, 0.25) is 0 Å². The van der Waals surface area contributed by atoms with Gasteiger partial charge in [-0.1, -0.05) is 36.8 Å². The Balaban J connectivity index is 1.65. The zero-order valence-electron chi connectivity index (χ0n) is 15.2. The van der Waals surface area contributed by atoms with Gasteiger partial charge in [-0.3, -0.25) is 4.99 Å². The van der Waals surface area contributed by atoms with Crippen LogP contribution in [0.3, 0.4) is 0 Å². The Hall–Kier alpha value is -1.55. The zero-order valence-corrected chi connectivity index (χ0v) is 15.2. The summed E-state index contributed by atoms with van der Waals surface area (Å²) in [4.78, 5) is 4.86. The predicted octanol–water partition coefficient (Wildman–Crippen LogP) is 3.43. The van der Waals surface area contributed by atoms with Gasteiger partial charge >= 0.3 is 0 Å². The molecule has 2 aliphatic rings. The number of hydrogen-bond acceptors (Lipinski definition) is 2. The Kier molecular flexibility index (Phi) is 5.77. The molecule has 0 spiro atoms. The van der Waals surface area contributed by atoms with Crippen molar-refractivity contribution in [3.05, 3.63) is 35.4 Å². The van der Waals surface area contributed by atoms with Crippen LogP contribution in [0, 0.1) is 18.8 Å². The fourth-order valence-corrected chi connectivity index (χ4v) is 3.38. The van der Waals surface area contributed by atoms with Gasteiger partial charge < -0.3 is 15.4 Å². The predicted molar refractivity (Wildman–Crippen MR) is 99.3 cm³/mol. The minimum Gasteiger partial charge on any atom is -0.373 e. The Labute approximate surface area is 146 Å². The summed E-state index contributed by atoms with van der Waals surface area (Å²) in [6.45, 7) is 9.09. The summed E-state index contributed by atoms with van der Waals surface area (Å²) < 4.78 is 6.11. The monoisotopic (exact) mass is 329 g/mol. The van der Waals surface area contributed by atoms with Crippen LogP contribution in [0.5, 0.6) is 0 Å². The smallest absolute Gasteiger partial charge is 0.191 e. The van der Waals surface area contributed by atoms with Crippen LogP contribution in [0.15, 0.2) is 29.3 Å². The highest BCUT2D eigenvalue weighted by atomic mass is 16.5. The van der Waals surface area contributed by atoms with E-state index in [2.05, 4.69) is 55.7 Å². The van der Waals surface area contributed by atoms with E-state index in [9.17, 15) is 0 Å². The molecule has 1 aliphatic carbocycles. The first kappa shape index (κ1) is 17.3. The van der Waals surface area contributed by atoms with Gasteiger partial charge in [-0.2, -0.15) is 0 Å². The molecule has 1 heterocycles. The number of guanidine groups is 1. The first-order valence-electron chi connectivity index (χ1n) is 9.40. The van der Waals surface area contributed by atoms with Gasteiger partial charge in [0.05, 0.1) is 6.10 Å². The standard InChI is InChI=1S/C20H31N3O/c1-4-21-20(23-18-12-15(18)3)22-13-17-6-5-11-24-19(17)16-9-7-14(2)8-10-16/h7-10,15,17-19H,4-6,11-13H2,1-3H3,(H2,21,22,23). The van der Waals surface area contributed by atoms with Crippen LogP contribution in [0.25, 0.3) is 0 Å². The lowest BCUT2D eigenvalue weighted by atomic mass is 9.89. The molecule has 2 fully saturated rings. The SMILES string of the molecule is CCNC(=NCC1CCCOC1c1ccc(C)cc1)NC1CC1C. The summed E-state index contributed by atoms with van der Waals surface area (Å²) in [6, 6.07) is 9.36. The van der Waals surface area contributed by atoms with Gasteiger partial charge in [0, 0.05) is 31.7 Å². The van der Waals surface area contributed by atoms with Crippen LogP contribution in [-0.4, -0.2) is 31.7 Å². The number of benzene rings is 1. The first-order valence-corrected chi connectivity index (χ1v) is 9.40. The second-order valence-electron chi connectivity index (χ2n) is 7.29. The van der Waals surface area contributed by atoms with Gasteiger partial charge in [-0.25, -0.2) is 0 Å². The van der Waals surface area contributed by atoms with E-state index in [1.165, 1.54) is 24.0 Å². The third-order valence-electron chi connectivity index (χ3n) is 5.11. The second kappa shape index (κ2) is 8.02. The van der Waals surface area contributed by atoms with E-state index in [1.54, 1.807) is 0 Å². The Bertz CT molecular complexity index is 555.